The molecule has 0 unspecified atom stereocenters. The SMILES string of the molecule is Cc1ccccc1/C=C(/C(=O)O)C(C)C. The molecule has 2 nitrogen and oxygen atoms in total. The Morgan fingerprint density at radius 2 is 1.93 bits per heavy atom. The molecule has 1 aromatic carbocycles. The average molecular weight is 204 g/mol. The number of aliphatic carboxylic acids is 1. The highest BCUT2D eigenvalue weighted by Gasteiger charge is 2.11. The van der Waals surface area contributed by atoms with Gasteiger partial charge in [0.1, 0.15) is 0 Å². The Morgan fingerprint density at radius 3 is 2.40 bits per heavy atom. The molecule has 80 valence electrons. The quantitative estimate of drug-likeness (QED) is 0.768. The summed E-state index contributed by atoms with van der Waals surface area (Å²) in [7, 11) is 0. The topological polar surface area (TPSA) is 37.3 Å². The first kappa shape index (κ1) is 11.5. The highest BCUT2D eigenvalue weighted by atomic mass is 16.4. The summed E-state index contributed by atoms with van der Waals surface area (Å²) in [5.41, 5.74) is 2.52. The third-order valence-corrected chi connectivity index (χ3v) is 2.37. The molecular formula is C13H16O2. The maximum Gasteiger partial charge on any atom is 0.331 e. The molecule has 0 spiro atoms. The zero-order valence-corrected chi connectivity index (χ0v) is 9.32. The molecule has 0 atom stereocenters. The van der Waals surface area contributed by atoms with Gasteiger partial charge in [-0.3, -0.25) is 0 Å². The van der Waals surface area contributed by atoms with E-state index in [0.717, 1.165) is 11.1 Å². The monoisotopic (exact) mass is 204 g/mol. The number of benzene rings is 1. The van der Waals surface area contributed by atoms with Crippen LogP contribution in [0.3, 0.4) is 0 Å². The molecule has 0 bridgehead atoms. The normalized spacial score (nSPS) is 11.9. The summed E-state index contributed by atoms with van der Waals surface area (Å²) in [4.78, 5) is 11.0. The molecule has 2 heteroatoms. The van der Waals surface area contributed by atoms with E-state index in [9.17, 15) is 4.79 Å². The van der Waals surface area contributed by atoms with E-state index in [0.29, 0.717) is 5.57 Å². The first-order valence-corrected chi connectivity index (χ1v) is 5.03. The number of carbonyl (C=O) groups is 1. The van der Waals surface area contributed by atoms with Crippen LogP contribution in [-0.4, -0.2) is 11.1 Å². The van der Waals surface area contributed by atoms with E-state index in [1.165, 1.54) is 0 Å². The molecule has 1 aromatic rings. The van der Waals surface area contributed by atoms with Gasteiger partial charge >= 0.3 is 5.97 Å². The van der Waals surface area contributed by atoms with E-state index in [4.69, 9.17) is 5.11 Å². The van der Waals surface area contributed by atoms with E-state index in [2.05, 4.69) is 0 Å². The average Bonchev–Trinajstić information content (AvgIpc) is 2.15. The second-order valence-corrected chi connectivity index (χ2v) is 3.92. The number of carboxylic acids is 1. The van der Waals surface area contributed by atoms with Gasteiger partial charge in [0.15, 0.2) is 0 Å². The standard InChI is InChI=1S/C13H16O2/c1-9(2)12(13(14)15)8-11-7-5-4-6-10(11)3/h4-9H,1-3H3,(H,14,15)/b12-8+. The van der Waals surface area contributed by atoms with Crippen molar-refractivity contribution in [3.05, 3.63) is 41.0 Å². The maximum atomic E-state index is 11.0. The highest BCUT2D eigenvalue weighted by Crippen LogP contribution is 2.17. The molecule has 0 fully saturated rings. The zero-order valence-electron chi connectivity index (χ0n) is 9.32. The van der Waals surface area contributed by atoms with Crippen LogP contribution < -0.4 is 0 Å². The van der Waals surface area contributed by atoms with Crippen LogP contribution in [0.5, 0.6) is 0 Å². The molecule has 15 heavy (non-hydrogen) atoms. The van der Waals surface area contributed by atoms with Crippen molar-refractivity contribution in [2.45, 2.75) is 20.8 Å². The van der Waals surface area contributed by atoms with Gasteiger partial charge in [0.2, 0.25) is 0 Å². The van der Waals surface area contributed by atoms with Crippen LogP contribution in [0.25, 0.3) is 6.08 Å². The lowest BCUT2D eigenvalue weighted by Crippen LogP contribution is -2.06. The first-order chi connectivity index (χ1) is 7.02. The second kappa shape index (κ2) is 4.78. The minimum absolute atomic E-state index is 0.0297. The lowest BCUT2D eigenvalue weighted by Gasteiger charge is -2.07. The summed E-state index contributed by atoms with van der Waals surface area (Å²) >= 11 is 0. The van der Waals surface area contributed by atoms with Crippen LogP contribution in [0, 0.1) is 12.8 Å². The molecule has 0 aromatic heterocycles. The molecular weight excluding hydrogens is 188 g/mol. The molecule has 0 radical (unpaired) electrons. The fourth-order valence-corrected chi connectivity index (χ4v) is 1.39. The van der Waals surface area contributed by atoms with Gasteiger partial charge in [-0.2, -0.15) is 0 Å². The molecule has 1 N–H and O–H groups in total. The van der Waals surface area contributed by atoms with Crippen molar-refractivity contribution in [2.75, 3.05) is 0 Å². The van der Waals surface area contributed by atoms with Crippen LogP contribution in [0.15, 0.2) is 29.8 Å². The number of rotatable bonds is 3. The van der Waals surface area contributed by atoms with Gasteiger partial charge in [0.25, 0.3) is 0 Å². The minimum atomic E-state index is -0.840. The largest absolute Gasteiger partial charge is 0.478 e. The van der Waals surface area contributed by atoms with Crippen molar-refractivity contribution < 1.29 is 9.90 Å². The summed E-state index contributed by atoms with van der Waals surface area (Å²) in [6.45, 7) is 5.75. The van der Waals surface area contributed by atoms with Crippen molar-refractivity contribution in [3.63, 3.8) is 0 Å². The number of carboxylic acid groups (broad SMARTS) is 1. The molecule has 1 rings (SSSR count). The highest BCUT2D eigenvalue weighted by molar-refractivity contribution is 5.92. The summed E-state index contributed by atoms with van der Waals surface area (Å²) in [6.07, 6.45) is 1.75. The third kappa shape index (κ3) is 2.94. The predicted molar refractivity (Wildman–Crippen MR) is 61.6 cm³/mol. The van der Waals surface area contributed by atoms with E-state index >= 15 is 0 Å². The lowest BCUT2D eigenvalue weighted by atomic mass is 9.98. The van der Waals surface area contributed by atoms with E-state index in [1.54, 1.807) is 6.08 Å². The minimum Gasteiger partial charge on any atom is -0.478 e. The molecule has 0 aliphatic carbocycles. The van der Waals surface area contributed by atoms with Gasteiger partial charge in [-0.1, -0.05) is 38.1 Å². The Kier molecular flexibility index (Phi) is 3.67. The molecule has 0 aliphatic heterocycles. The molecule has 0 heterocycles. The fraction of sp³-hybridized carbons (Fsp3) is 0.308. The van der Waals surface area contributed by atoms with E-state index < -0.39 is 5.97 Å². The Hall–Kier alpha value is -1.57. The maximum absolute atomic E-state index is 11.0. The Balaban J connectivity index is 3.14. The van der Waals surface area contributed by atoms with Gasteiger partial charge in [0, 0.05) is 5.57 Å². The van der Waals surface area contributed by atoms with Crippen LogP contribution in [0.1, 0.15) is 25.0 Å². The predicted octanol–water partition coefficient (Wildman–Crippen LogP) is 3.12. The second-order valence-electron chi connectivity index (χ2n) is 3.92. The van der Waals surface area contributed by atoms with Crippen molar-refractivity contribution in [2.24, 2.45) is 5.92 Å². The number of hydrogen-bond acceptors (Lipinski definition) is 1. The summed E-state index contributed by atoms with van der Waals surface area (Å²) in [6, 6.07) is 7.77. The van der Waals surface area contributed by atoms with Crippen molar-refractivity contribution in [3.8, 4) is 0 Å². The van der Waals surface area contributed by atoms with Crippen LogP contribution >= 0.6 is 0 Å². The smallest absolute Gasteiger partial charge is 0.331 e. The van der Waals surface area contributed by atoms with Crippen LogP contribution in [-0.2, 0) is 4.79 Å². The van der Waals surface area contributed by atoms with Gasteiger partial charge in [0.05, 0.1) is 0 Å². The van der Waals surface area contributed by atoms with Gasteiger partial charge in [-0.15, -0.1) is 0 Å². The molecule has 0 saturated carbocycles. The van der Waals surface area contributed by atoms with Crippen LogP contribution in [0.2, 0.25) is 0 Å². The summed E-state index contributed by atoms with van der Waals surface area (Å²) in [5.74, 6) is -0.810. The molecule has 0 aliphatic rings. The van der Waals surface area contributed by atoms with E-state index in [-0.39, 0.29) is 5.92 Å². The number of aryl methyl sites for hydroxylation is 1. The van der Waals surface area contributed by atoms with Gasteiger partial charge in [-0.05, 0) is 30.0 Å². The zero-order chi connectivity index (χ0) is 11.4. The van der Waals surface area contributed by atoms with Gasteiger partial charge < -0.3 is 5.11 Å². The molecule has 0 amide bonds. The van der Waals surface area contributed by atoms with Crippen molar-refractivity contribution >= 4 is 12.0 Å². The Morgan fingerprint density at radius 1 is 1.33 bits per heavy atom. The lowest BCUT2D eigenvalue weighted by molar-refractivity contribution is -0.133. The molecule has 0 saturated heterocycles. The fourth-order valence-electron chi connectivity index (χ4n) is 1.39. The Labute approximate surface area is 90.3 Å². The summed E-state index contributed by atoms with van der Waals surface area (Å²) in [5, 5.41) is 9.03. The van der Waals surface area contributed by atoms with Crippen LogP contribution in [0.4, 0.5) is 0 Å². The van der Waals surface area contributed by atoms with E-state index in [1.807, 2.05) is 45.0 Å². The summed E-state index contributed by atoms with van der Waals surface area (Å²) < 4.78 is 0. The third-order valence-electron chi connectivity index (χ3n) is 2.37. The first-order valence-electron chi connectivity index (χ1n) is 5.03. The number of hydrogen-bond donors (Lipinski definition) is 1. The van der Waals surface area contributed by atoms with Crippen molar-refractivity contribution in [1.29, 1.82) is 0 Å². The van der Waals surface area contributed by atoms with Gasteiger partial charge in [-0.25, -0.2) is 4.79 Å². The van der Waals surface area contributed by atoms with Crippen molar-refractivity contribution in [1.82, 2.24) is 0 Å². The Bertz CT molecular complexity index is 389.